The van der Waals surface area contributed by atoms with Crippen molar-refractivity contribution in [3.63, 3.8) is 0 Å². The van der Waals surface area contributed by atoms with Gasteiger partial charge in [0.1, 0.15) is 10.8 Å². The maximum Gasteiger partial charge on any atom is 0.418 e. The molecule has 3 rings (SSSR count). The highest BCUT2D eigenvalue weighted by molar-refractivity contribution is 7.91. The molecule has 1 aliphatic rings. The highest BCUT2D eigenvalue weighted by atomic mass is 32.2. The van der Waals surface area contributed by atoms with Crippen LogP contribution in [0, 0.1) is 11.7 Å². The summed E-state index contributed by atoms with van der Waals surface area (Å²) in [7, 11) is -3.20. The van der Waals surface area contributed by atoms with Crippen LogP contribution in [0.2, 0.25) is 0 Å². The molecule has 13 heteroatoms. The van der Waals surface area contributed by atoms with Crippen molar-refractivity contribution in [3.05, 3.63) is 41.2 Å². The second-order valence-electron chi connectivity index (χ2n) is 7.87. The molecule has 33 heavy (non-hydrogen) atoms. The van der Waals surface area contributed by atoms with Crippen LogP contribution >= 0.6 is 0 Å². The fourth-order valence-electron chi connectivity index (χ4n) is 3.56. The van der Waals surface area contributed by atoms with Crippen LogP contribution in [-0.4, -0.2) is 45.4 Å². The molecule has 1 aliphatic heterocycles. The number of carbonyl (C=O) groups is 1. The second kappa shape index (κ2) is 8.84. The summed E-state index contributed by atoms with van der Waals surface area (Å²) in [5.41, 5.74) is -1.83. The van der Waals surface area contributed by atoms with E-state index in [0.717, 1.165) is 13.2 Å². The van der Waals surface area contributed by atoms with Gasteiger partial charge in [-0.15, -0.1) is 0 Å². The standard InChI is InChI=1S/C20H22F5N5O2S/c1-12-14(20(23,24)25)11-28-17(30-8-3-5-19(21,22)6-9-30)16(12)18(31)29-13-4-7-27-15(10-13)33(2,26)32/h4,7,10-11,26H,3,5-6,8-9H2,1-2H3,(H,27,29,31)/t33-/m0/s1. The number of hydrogen-bond acceptors (Lipinski definition) is 6. The molecule has 1 amide bonds. The predicted molar refractivity (Wildman–Crippen MR) is 112 cm³/mol. The number of nitrogens with zero attached hydrogens (tertiary/aromatic N) is 3. The Morgan fingerprint density at radius 2 is 1.94 bits per heavy atom. The molecule has 0 unspecified atom stereocenters. The Morgan fingerprint density at radius 1 is 1.24 bits per heavy atom. The molecular formula is C20H22F5N5O2S. The van der Waals surface area contributed by atoms with Crippen LogP contribution in [0.3, 0.4) is 0 Å². The first kappa shape index (κ1) is 24.8. The van der Waals surface area contributed by atoms with Gasteiger partial charge in [0.25, 0.3) is 5.91 Å². The molecule has 2 aromatic heterocycles. The largest absolute Gasteiger partial charge is 0.418 e. The van der Waals surface area contributed by atoms with Crippen molar-refractivity contribution < 1.29 is 31.0 Å². The number of halogens is 5. The average molecular weight is 491 g/mol. The van der Waals surface area contributed by atoms with Crippen molar-refractivity contribution in [2.24, 2.45) is 0 Å². The van der Waals surface area contributed by atoms with Crippen molar-refractivity contribution >= 4 is 27.1 Å². The molecule has 180 valence electrons. The molecule has 3 heterocycles. The molecule has 0 saturated carbocycles. The minimum atomic E-state index is -4.78. The van der Waals surface area contributed by atoms with Crippen LogP contribution in [0.15, 0.2) is 29.6 Å². The summed E-state index contributed by atoms with van der Waals surface area (Å²) in [6.45, 7) is 1.04. The van der Waals surface area contributed by atoms with Crippen molar-refractivity contribution in [1.29, 1.82) is 4.78 Å². The van der Waals surface area contributed by atoms with E-state index in [1.54, 1.807) is 0 Å². The Balaban J connectivity index is 2.05. The zero-order valence-electron chi connectivity index (χ0n) is 17.8. The summed E-state index contributed by atoms with van der Waals surface area (Å²) in [5, 5.41) is 2.32. The van der Waals surface area contributed by atoms with E-state index in [-0.39, 0.29) is 42.5 Å². The van der Waals surface area contributed by atoms with Crippen LogP contribution < -0.4 is 10.2 Å². The third-order valence-corrected chi connectivity index (χ3v) is 6.28. The maximum absolute atomic E-state index is 13.8. The topological polar surface area (TPSA) is 99.0 Å². The molecule has 0 aliphatic carbocycles. The van der Waals surface area contributed by atoms with Crippen molar-refractivity contribution in [1.82, 2.24) is 9.97 Å². The molecule has 2 aromatic rings. The first-order chi connectivity index (χ1) is 15.2. The fraction of sp³-hybridized carbons (Fsp3) is 0.450. The first-order valence-electron chi connectivity index (χ1n) is 9.90. The van der Waals surface area contributed by atoms with Gasteiger partial charge in [0.05, 0.1) is 20.9 Å². The molecule has 1 fully saturated rings. The van der Waals surface area contributed by atoms with Gasteiger partial charge in [0.15, 0.2) is 0 Å². The van der Waals surface area contributed by atoms with Crippen molar-refractivity contribution in [2.45, 2.75) is 43.3 Å². The predicted octanol–water partition coefficient (Wildman–Crippen LogP) is 4.72. The van der Waals surface area contributed by atoms with Crippen LogP contribution in [0.4, 0.5) is 33.5 Å². The molecule has 0 spiro atoms. The molecule has 2 N–H and O–H groups in total. The van der Waals surface area contributed by atoms with E-state index in [1.807, 2.05) is 0 Å². The Bertz CT molecular complexity index is 1170. The zero-order valence-corrected chi connectivity index (χ0v) is 18.6. The van der Waals surface area contributed by atoms with E-state index in [2.05, 4.69) is 15.3 Å². The van der Waals surface area contributed by atoms with Crippen molar-refractivity contribution in [3.8, 4) is 0 Å². The molecule has 0 radical (unpaired) electrons. The SMILES string of the molecule is Cc1c(C(F)(F)F)cnc(N2CCCC(F)(F)CC2)c1C(=O)Nc1ccnc([S@@](C)(=N)=O)c1. The van der Waals surface area contributed by atoms with Gasteiger partial charge >= 0.3 is 6.18 Å². The molecule has 0 bridgehead atoms. The summed E-state index contributed by atoms with van der Waals surface area (Å²) in [6, 6.07) is 2.52. The number of aromatic nitrogens is 2. The summed E-state index contributed by atoms with van der Waals surface area (Å²) >= 11 is 0. The van der Waals surface area contributed by atoms with Crippen LogP contribution in [0.25, 0.3) is 0 Å². The number of amides is 1. The van der Waals surface area contributed by atoms with Crippen LogP contribution in [-0.2, 0) is 15.9 Å². The highest BCUT2D eigenvalue weighted by Gasteiger charge is 2.38. The highest BCUT2D eigenvalue weighted by Crippen LogP contribution is 2.37. The minimum absolute atomic E-state index is 0.0667. The summed E-state index contributed by atoms with van der Waals surface area (Å²) in [4.78, 5) is 22.2. The second-order valence-corrected chi connectivity index (χ2v) is 9.98. The van der Waals surface area contributed by atoms with Gasteiger partial charge < -0.3 is 10.2 Å². The van der Waals surface area contributed by atoms with E-state index < -0.39 is 50.8 Å². The Morgan fingerprint density at radius 3 is 2.58 bits per heavy atom. The number of hydrogen-bond donors (Lipinski definition) is 2. The zero-order chi connectivity index (χ0) is 24.6. The average Bonchev–Trinajstić information content (AvgIpc) is 2.86. The number of anilines is 2. The smallest absolute Gasteiger partial charge is 0.356 e. The van der Waals surface area contributed by atoms with Gasteiger partial charge in [0, 0.05) is 50.3 Å². The summed E-state index contributed by atoms with van der Waals surface area (Å²) in [5.74, 6) is -3.97. The molecule has 0 aromatic carbocycles. The maximum atomic E-state index is 13.8. The van der Waals surface area contributed by atoms with E-state index in [1.165, 1.54) is 23.2 Å². The summed E-state index contributed by atoms with van der Waals surface area (Å²) < 4.78 is 87.7. The lowest BCUT2D eigenvalue weighted by Crippen LogP contribution is -2.30. The van der Waals surface area contributed by atoms with Crippen LogP contribution in [0.5, 0.6) is 0 Å². The normalized spacial score (nSPS) is 18.3. The van der Waals surface area contributed by atoms with Crippen molar-refractivity contribution in [2.75, 3.05) is 29.6 Å². The molecule has 1 saturated heterocycles. The first-order valence-corrected chi connectivity index (χ1v) is 11.9. The molecule has 7 nitrogen and oxygen atoms in total. The minimum Gasteiger partial charge on any atom is -0.356 e. The fourth-order valence-corrected chi connectivity index (χ4v) is 4.17. The van der Waals surface area contributed by atoms with Gasteiger partial charge in [-0.2, -0.15) is 13.2 Å². The Hall–Kier alpha value is -2.83. The van der Waals surface area contributed by atoms with E-state index in [4.69, 9.17) is 4.78 Å². The number of rotatable bonds is 4. The molecule has 1 atom stereocenters. The lowest BCUT2D eigenvalue weighted by molar-refractivity contribution is -0.138. The number of carbonyl (C=O) groups excluding carboxylic acids is 1. The van der Waals surface area contributed by atoms with Gasteiger partial charge in [-0.05, 0) is 31.0 Å². The third kappa shape index (κ3) is 5.75. The van der Waals surface area contributed by atoms with E-state index in [0.29, 0.717) is 6.20 Å². The van der Waals surface area contributed by atoms with Crippen LogP contribution in [0.1, 0.15) is 40.7 Å². The van der Waals surface area contributed by atoms with Gasteiger partial charge in [-0.25, -0.2) is 27.7 Å². The number of nitrogens with one attached hydrogen (secondary N) is 2. The Kier molecular flexibility index (Phi) is 6.65. The lowest BCUT2D eigenvalue weighted by atomic mass is 10.0. The number of alkyl halides is 5. The monoisotopic (exact) mass is 491 g/mol. The van der Waals surface area contributed by atoms with Gasteiger partial charge in [0.2, 0.25) is 5.92 Å². The summed E-state index contributed by atoms with van der Waals surface area (Å²) in [6.07, 6.45) is -2.64. The lowest BCUT2D eigenvalue weighted by Gasteiger charge is -2.26. The molecular weight excluding hydrogens is 469 g/mol. The van der Waals surface area contributed by atoms with Gasteiger partial charge in [-0.3, -0.25) is 4.79 Å². The third-order valence-electron chi connectivity index (χ3n) is 5.26. The quantitative estimate of drug-likeness (QED) is 0.604. The van der Waals surface area contributed by atoms with E-state index in [9.17, 15) is 31.0 Å². The number of pyridine rings is 2. The van der Waals surface area contributed by atoms with E-state index >= 15 is 0 Å². The van der Waals surface area contributed by atoms with Gasteiger partial charge in [-0.1, -0.05) is 0 Å². The Labute approximate surface area is 187 Å².